The molecule has 2 rings (SSSR count). The highest BCUT2D eigenvalue weighted by molar-refractivity contribution is 5.43. The Kier molecular flexibility index (Phi) is 2.37. The third-order valence-corrected chi connectivity index (χ3v) is 2.58. The maximum absolute atomic E-state index is 8.85. The molecule has 0 spiro atoms. The zero-order chi connectivity index (χ0) is 11.8. The molecule has 0 saturated carbocycles. The predicted molar refractivity (Wildman–Crippen MR) is 57.7 cm³/mol. The van der Waals surface area contributed by atoms with Crippen LogP contribution in [0.2, 0.25) is 0 Å². The van der Waals surface area contributed by atoms with Crippen LogP contribution in [0.1, 0.15) is 25.2 Å². The van der Waals surface area contributed by atoms with Gasteiger partial charge in [0, 0.05) is 13.3 Å². The van der Waals surface area contributed by atoms with Crippen molar-refractivity contribution in [3.05, 3.63) is 29.7 Å². The Morgan fingerprint density at radius 3 is 2.75 bits per heavy atom. The minimum absolute atomic E-state index is 0.534. The summed E-state index contributed by atoms with van der Waals surface area (Å²) < 4.78 is 7.14. The lowest BCUT2D eigenvalue weighted by atomic mass is 10.1. The van der Waals surface area contributed by atoms with Gasteiger partial charge in [-0.1, -0.05) is 0 Å². The first-order chi connectivity index (χ1) is 7.58. The van der Waals surface area contributed by atoms with Gasteiger partial charge in [0.1, 0.15) is 11.7 Å². The van der Waals surface area contributed by atoms with Gasteiger partial charge < -0.3 is 4.74 Å². The van der Waals surface area contributed by atoms with E-state index in [9.17, 15) is 0 Å². The van der Waals surface area contributed by atoms with Crippen LogP contribution < -0.4 is 0 Å². The SMILES string of the molecule is COC(C)(C)c1nnc2ccc(C#N)cn12. The van der Waals surface area contributed by atoms with E-state index < -0.39 is 5.60 Å². The highest BCUT2D eigenvalue weighted by Crippen LogP contribution is 2.22. The van der Waals surface area contributed by atoms with Crippen LogP contribution in [0.15, 0.2) is 18.3 Å². The highest BCUT2D eigenvalue weighted by Gasteiger charge is 2.25. The van der Waals surface area contributed by atoms with Crippen molar-refractivity contribution in [2.24, 2.45) is 0 Å². The van der Waals surface area contributed by atoms with Gasteiger partial charge in [0.2, 0.25) is 0 Å². The number of pyridine rings is 1. The fourth-order valence-corrected chi connectivity index (χ4v) is 1.46. The number of ether oxygens (including phenoxy) is 1. The summed E-state index contributed by atoms with van der Waals surface area (Å²) in [5.41, 5.74) is 0.743. The molecule has 0 aliphatic carbocycles. The summed E-state index contributed by atoms with van der Waals surface area (Å²) in [4.78, 5) is 0. The lowest BCUT2D eigenvalue weighted by Gasteiger charge is -2.20. The van der Waals surface area contributed by atoms with Crippen LogP contribution >= 0.6 is 0 Å². The zero-order valence-corrected chi connectivity index (χ0v) is 9.43. The van der Waals surface area contributed by atoms with Gasteiger partial charge in [-0.15, -0.1) is 10.2 Å². The van der Waals surface area contributed by atoms with Crippen LogP contribution in [0.25, 0.3) is 5.65 Å². The minimum atomic E-state index is -0.534. The van der Waals surface area contributed by atoms with E-state index in [0.717, 1.165) is 0 Å². The van der Waals surface area contributed by atoms with E-state index in [1.165, 1.54) is 0 Å². The molecule has 0 atom stereocenters. The molecule has 5 nitrogen and oxygen atoms in total. The third-order valence-electron chi connectivity index (χ3n) is 2.58. The molecule has 0 aliphatic rings. The molecule has 0 amide bonds. The number of aromatic nitrogens is 3. The van der Waals surface area contributed by atoms with Crippen LogP contribution in [0, 0.1) is 11.3 Å². The van der Waals surface area contributed by atoms with Crippen LogP contribution in [-0.4, -0.2) is 21.7 Å². The van der Waals surface area contributed by atoms with E-state index in [-0.39, 0.29) is 0 Å². The second kappa shape index (κ2) is 3.58. The molecule has 0 radical (unpaired) electrons. The molecule has 0 aromatic carbocycles. The summed E-state index contributed by atoms with van der Waals surface area (Å²) in [7, 11) is 1.62. The van der Waals surface area contributed by atoms with E-state index in [2.05, 4.69) is 16.3 Å². The van der Waals surface area contributed by atoms with Crippen molar-refractivity contribution in [1.29, 1.82) is 5.26 Å². The van der Waals surface area contributed by atoms with Gasteiger partial charge in [-0.25, -0.2) is 0 Å². The van der Waals surface area contributed by atoms with Crippen molar-refractivity contribution < 1.29 is 4.74 Å². The molecule has 0 fully saturated rings. The maximum atomic E-state index is 8.85. The van der Waals surface area contributed by atoms with Gasteiger partial charge in [0.25, 0.3) is 0 Å². The predicted octanol–water partition coefficient (Wildman–Crippen LogP) is 1.48. The number of hydrogen-bond acceptors (Lipinski definition) is 4. The van der Waals surface area contributed by atoms with E-state index in [0.29, 0.717) is 17.0 Å². The molecule has 0 saturated heterocycles. The summed E-state index contributed by atoms with van der Waals surface area (Å²) in [6, 6.07) is 5.57. The van der Waals surface area contributed by atoms with Gasteiger partial charge in [0.15, 0.2) is 11.5 Å². The first-order valence-electron chi connectivity index (χ1n) is 4.89. The molecular formula is C11H12N4O. The molecule has 0 N–H and O–H groups in total. The molecule has 82 valence electrons. The molecule has 16 heavy (non-hydrogen) atoms. The normalized spacial score (nSPS) is 11.6. The van der Waals surface area contributed by atoms with Gasteiger partial charge in [-0.05, 0) is 26.0 Å². The number of fused-ring (bicyclic) bond motifs is 1. The fraction of sp³-hybridized carbons (Fsp3) is 0.364. The van der Waals surface area contributed by atoms with Crippen molar-refractivity contribution >= 4 is 5.65 Å². The first kappa shape index (κ1) is 10.6. The average Bonchev–Trinajstić information content (AvgIpc) is 2.72. The van der Waals surface area contributed by atoms with E-state index in [1.807, 2.05) is 13.8 Å². The summed E-state index contributed by atoms with van der Waals surface area (Å²) in [6.45, 7) is 3.81. The van der Waals surface area contributed by atoms with Crippen molar-refractivity contribution in [1.82, 2.24) is 14.6 Å². The van der Waals surface area contributed by atoms with Gasteiger partial charge >= 0.3 is 0 Å². The Bertz CT molecular complexity index is 565. The number of methoxy groups -OCH3 is 1. The molecule has 5 heteroatoms. The Balaban J connectivity index is 2.68. The molecule has 2 aromatic heterocycles. The first-order valence-corrected chi connectivity index (χ1v) is 4.89. The Hall–Kier alpha value is -1.93. The minimum Gasteiger partial charge on any atom is -0.371 e. The van der Waals surface area contributed by atoms with Crippen LogP contribution in [-0.2, 0) is 10.3 Å². The van der Waals surface area contributed by atoms with Gasteiger partial charge in [0.05, 0.1) is 5.56 Å². The van der Waals surface area contributed by atoms with Gasteiger partial charge in [-0.3, -0.25) is 4.40 Å². The second-order valence-electron chi connectivity index (χ2n) is 4.00. The lowest BCUT2D eigenvalue weighted by Crippen LogP contribution is -2.23. The zero-order valence-electron chi connectivity index (χ0n) is 9.43. The van der Waals surface area contributed by atoms with Crippen molar-refractivity contribution in [2.75, 3.05) is 7.11 Å². The lowest BCUT2D eigenvalue weighted by molar-refractivity contribution is 0.0106. The number of nitriles is 1. The van der Waals surface area contributed by atoms with E-state index >= 15 is 0 Å². The summed E-state index contributed by atoms with van der Waals surface area (Å²) in [6.07, 6.45) is 1.71. The van der Waals surface area contributed by atoms with Crippen molar-refractivity contribution in [3.63, 3.8) is 0 Å². The Morgan fingerprint density at radius 2 is 2.12 bits per heavy atom. The number of hydrogen-bond donors (Lipinski definition) is 0. The van der Waals surface area contributed by atoms with E-state index in [4.69, 9.17) is 10.00 Å². The van der Waals surface area contributed by atoms with E-state index in [1.54, 1.807) is 29.8 Å². The van der Waals surface area contributed by atoms with Crippen molar-refractivity contribution in [2.45, 2.75) is 19.4 Å². The smallest absolute Gasteiger partial charge is 0.169 e. The molecule has 2 aromatic rings. The van der Waals surface area contributed by atoms with Gasteiger partial charge in [-0.2, -0.15) is 5.26 Å². The largest absolute Gasteiger partial charge is 0.371 e. The Morgan fingerprint density at radius 1 is 1.38 bits per heavy atom. The van der Waals surface area contributed by atoms with Crippen LogP contribution in [0.4, 0.5) is 0 Å². The number of nitrogens with zero attached hydrogens (tertiary/aromatic N) is 4. The summed E-state index contributed by atoms with van der Waals surface area (Å²) in [5.74, 6) is 0.683. The molecule has 2 heterocycles. The quantitative estimate of drug-likeness (QED) is 0.762. The van der Waals surface area contributed by atoms with Crippen molar-refractivity contribution in [3.8, 4) is 6.07 Å². The van der Waals surface area contributed by atoms with Crippen LogP contribution in [0.5, 0.6) is 0 Å². The van der Waals surface area contributed by atoms with Crippen LogP contribution in [0.3, 0.4) is 0 Å². The highest BCUT2D eigenvalue weighted by atomic mass is 16.5. The standard InChI is InChI=1S/C11H12N4O/c1-11(2,16-3)10-14-13-9-5-4-8(6-12)7-15(9)10/h4-5,7H,1-3H3. The molecule has 0 aliphatic heterocycles. The molecule has 0 bridgehead atoms. The second-order valence-corrected chi connectivity index (χ2v) is 4.00. The Labute approximate surface area is 93.3 Å². The topological polar surface area (TPSA) is 63.2 Å². The monoisotopic (exact) mass is 216 g/mol. The molecule has 0 unspecified atom stereocenters. The fourth-order valence-electron chi connectivity index (χ4n) is 1.46. The third kappa shape index (κ3) is 1.53. The summed E-state index contributed by atoms with van der Waals surface area (Å²) >= 11 is 0. The molecular weight excluding hydrogens is 204 g/mol. The summed E-state index contributed by atoms with van der Waals surface area (Å²) in [5, 5.41) is 17.0. The number of rotatable bonds is 2. The maximum Gasteiger partial charge on any atom is 0.169 e. The average molecular weight is 216 g/mol.